The number of benzene rings is 2. The molecule has 1 N–H and O–H groups in total. The maximum atomic E-state index is 11.1. The van der Waals surface area contributed by atoms with Crippen molar-refractivity contribution in [3.05, 3.63) is 53.1 Å². The van der Waals surface area contributed by atoms with Crippen molar-refractivity contribution in [2.75, 3.05) is 28.1 Å². The summed E-state index contributed by atoms with van der Waals surface area (Å²) in [5, 5.41) is 11.1. The molecule has 6 heteroatoms. The van der Waals surface area contributed by atoms with Gasteiger partial charge in [0.25, 0.3) is 0 Å². The average Bonchev–Trinajstić information content (AvgIpc) is 3.15. The summed E-state index contributed by atoms with van der Waals surface area (Å²) in [4.78, 5) is 2.12. The van der Waals surface area contributed by atoms with Gasteiger partial charge >= 0.3 is 0 Å². The summed E-state index contributed by atoms with van der Waals surface area (Å²) in [6.45, 7) is 4.57. The number of aliphatic hydroxyl groups is 1. The van der Waals surface area contributed by atoms with E-state index >= 15 is 0 Å². The van der Waals surface area contributed by atoms with Gasteiger partial charge in [-0.25, -0.2) is 0 Å². The monoisotopic (exact) mass is 381 g/mol. The fourth-order valence-corrected chi connectivity index (χ4v) is 4.90. The summed E-state index contributed by atoms with van der Waals surface area (Å²) >= 11 is 0. The van der Waals surface area contributed by atoms with Crippen LogP contribution >= 0.6 is 0 Å². The minimum absolute atomic E-state index is 0.0497. The van der Waals surface area contributed by atoms with Gasteiger partial charge < -0.3 is 29.0 Å². The molecule has 2 aromatic rings. The average molecular weight is 381 g/mol. The van der Waals surface area contributed by atoms with Gasteiger partial charge in [0.05, 0.1) is 26.4 Å². The standard InChI is InChI=1S/C22H23NO5/c1-11-19-13(5-6-16(25-3)22(19)26-4)20-15(24)7-12-8-17-18(28-10-27-17)9-14(12)21(20)23(11)2/h5-6,8-9,15,20-21,24H,1,7,10H2,2-4H3/t15-,20-,21+/m0/s1. The zero-order valence-electron chi connectivity index (χ0n) is 16.2. The molecule has 6 nitrogen and oxygen atoms in total. The first-order chi connectivity index (χ1) is 13.5. The van der Waals surface area contributed by atoms with Crippen molar-refractivity contribution in [2.45, 2.75) is 24.5 Å². The molecule has 0 radical (unpaired) electrons. The van der Waals surface area contributed by atoms with Crippen LogP contribution in [0.3, 0.4) is 0 Å². The van der Waals surface area contributed by atoms with E-state index in [-0.39, 0.29) is 18.8 Å². The minimum atomic E-state index is -0.537. The lowest BCUT2D eigenvalue weighted by molar-refractivity contribution is 0.0871. The number of hydrogen-bond donors (Lipinski definition) is 1. The molecule has 3 aliphatic rings. The van der Waals surface area contributed by atoms with E-state index in [2.05, 4.69) is 17.5 Å². The van der Waals surface area contributed by atoms with E-state index in [1.54, 1.807) is 14.2 Å². The third kappa shape index (κ3) is 2.18. The predicted octanol–water partition coefficient (Wildman–Crippen LogP) is 3.09. The Morgan fingerprint density at radius 2 is 1.86 bits per heavy atom. The van der Waals surface area contributed by atoms with Gasteiger partial charge in [0.15, 0.2) is 23.0 Å². The number of hydrogen-bond acceptors (Lipinski definition) is 6. The summed E-state index contributed by atoms with van der Waals surface area (Å²) in [6.07, 6.45) is 0.0200. The number of likely N-dealkylation sites (N-methyl/N-ethyl adjacent to an activating group) is 1. The molecule has 0 amide bonds. The van der Waals surface area contributed by atoms with Crippen molar-refractivity contribution >= 4 is 5.70 Å². The number of ether oxygens (including phenoxy) is 4. The van der Waals surface area contributed by atoms with E-state index in [0.29, 0.717) is 17.9 Å². The first kappa shape index (κ1) is 17.3. The second kappa shape index (κ2) is 6.07. The van der Waals surface area contributed by atoms with Crippen LogP contribution in [0.2, 0.25) is 0 Å². The van der Waals surface area contributed by atoms with Crippen LogP contribution in [0.5, 0.6) is 23.0 Å². The number of aliphatic hydroxyl groups excluding tert-OH is 1. The first-order valence-electron chi connectivity index (χ1n) is 9.32. The van der Waals surface area contributed by atoms with E-state index in [0.717, 1.165) is 39.4 Å². The number of rotatable bonds is 2. The van der Waals surface area contributed by atoms with Crippen LogP contribution in [0.15, 0.2) is 30.8 Å². The summed E-state index contributed by atoms with van der Waals surface area (Å²) in [7, 11) is 5.26. The summed E-state index contributed by atoms with van der Waals surface area (Å²) in [5.41, 5.74) is 4.99. The van der Waals surface area contributed by atoms with Gasteiger partial charge in [0.2, 0.25) is 6.79 Å². The van der Waals surface area contributed by atoms with E-state index < -0.39 is 6.10 Å². The molecule has 2 heterocycles. The smallest absolute Gasteiger partial charge is 0.231 e. The lowest BCUT2D eigenvalue weighted by Crippen LogP contribution is -2.42. The normalized spacial score (nSPS) is 24.4. The predicted molar refractivity (Wildman–Crippen MR) is 104 cm³/mol. The molecule has 1 aliphatic carbocycles. The second-order valence-corrected chi connectivity index (χ2v) is 7.47. The number of nitrogens with zero attached hydrogens (tertiary/aromatic N) is 1. The SMILES string of the molecule is C=C1c2c(ccc(OC)c2OC)[C@@H]2[C@@H](c3cc4c(cc3C[C@@H]2O)OCO4)N1C. The van der Waals surface area contributed by atoms with Gasteiger partial charge in [-0.3, -0.25) is 0 Å². The Bertz CT molecular complexity index is 985. The van der Waals surface area contributed by atoms with E-state index in [1.165, 1.54) is 0 Å². The van der Waals surface area contributed by atoms with Gasteiger partial charge in [-0.15, -0.1) is 0 Å². The molecule has 2 aliphatic heterocycles. The molecule has 3 atom stereocenters. The summed E-state index contributed by atoms with van der Waals surface area (Å²) in [5.74, 6) is 2.69. The highest BCUT2D eigenvalue weighted by Crippen LogP contribution is 2.56. The first-order valence-corrected chi connectivity index (χ1v) is 9.32. The van der Waals surface area contributed by atoms with E-state index in [4.69, 9.17) is 18.9 Å². The van der Waals surface area contributed by atoms with Crippen LogP contribution in [0.4, 0.5) is 0 Å². The Morgan fingerprint density at radius 3 is 2.57 bits per heavy atom. The molecule has 2 aromatic carbocycles. The zero-order valence-corrected chi connectivity index (χ0v) is 16.2. The van der Waals surface area contributed by atoms with Crippen molar-refractivity contribution in [3.8, 4) is 23.0 Å². The highest BCUT2D eigenvalue weighted by Gasteiger charge is 2.46. The van der Waals surface area contributed by atoms with Crippen molar-refractivity contribution < 1.29 is 24.1 Å². The molecule has 0 saturated carbocycles. The third-order valence-electron chi connectivity index (χ3n) is 6.21. The van der Waals surface area contributed by atoms with Crippen LogP contribution in [0.25, 0.3) is 5.70 Å². The molecular formula is C22H23NO5. The second-order valence-electron chi connectivity index (χ2n) is 7.47. The molecule has 0 aromatic heterocycles. The molecule has 146 valence electrons. The quantitative estimate of drug-likeness (QED) is 0.863. The van der Waals surface area contributed by atoms with Crippen LogP contribution in [0, 0.1) is 0 Å². The highest BCUT2D eigenvalue weighted by molar-refractivity contribution is 5.77. The Labute approximate surface area is 163 Å². The molecule has 0 bridgehead atoms. The maximum absolute atomic E-state index is 11.1. The molecule has 5 rings (SSSR count). The summed E-state index contributed by atoms with van der Waals surface area (Å²) < 4.78 is 22.3. The van der Waals surface area contributed by atoms with Crippen LogP contribution in [-0.2, 0) is 6.42 Å². The van der Waals surface area contributed by atoms with Gasteiger partial charge in [-0.05, 0) is 41.3 Å². The van der Waals surface area contributed by atoms with Crippen molar-refractivity contribution in [3.63, 3.8) is 0 Å². The van der Waals surface area contributed by atoms with Crippen molar-refractivity contribution in [1.29, 1.82) is 0 Å². The lowest BCUT2D eigenvalue weighted by atomic mass is 9.70. The molecule has 0 unspecified atom stereocenters. The number of fused-ring (bicyclic) bond motifs is 6. The Kier molecular flexibility index (Phi) is 3.74. The van der Waals surface area contributed by atoms with Crippen LogP contribution in [0.1, 0.15) is 34.2 Å². The molecule has 0 saturated heterocycles. The fraction of sp³-hybridized carbons (Fsp3) is 0.364. The van der Waals surface area contributed by atoms with Gasteiger partial charge in [-0.2, -0.15) is 0 Å². The fourth-order valence-electron chi connectivity index (χ4n) is 4.90. The Balaban J connectivity index is 1.72. The number of methoxy groups -OCH3 is 2. The van der Waals surface area contributed by atoms with Gasteiger partial charge in [-0.1, -0.05) is 12.6 Å². The van der Waals surface area contributed by atoms with E-state index in [1.807, 2.05) is 25.2 Å². The van der Waals surface area contributed by atoms with Crippen LogP contribution in [-0.4, -0.2) is 44.2 Å². The Morgan fingerprint density at radius 1 is 1.11 bits per heavy atom. The van der Waals surface area contributed by atoms with Gasteiger partial charge in [0, 0.05) is 24.2 Å². The van der Waals surface area contributed by atoms with Gasteiger partial charge in [0.1, 0.15) is 0 Å². The van der Waals surface area contributed by atoms with Crippen molar-refractivity contribution in [1.82, 2.24) is 4.90 Å². The molecule has 28 heavy (non-hydrogen) atoms. The molecule has 0 fully saturated rings. The largest absolute Gasteiger partial charge is 0.493 e. The van der Waals surface area contributed by atoms with Crippen molar-refractivity contribution in [2.24, 2.45) is 0 Å². The maximum Gasteiger partial charge on any atom is 0.231 e. The van der Waals surface area contributed by atoms with E-state index in [9.17, 15) is 5.11 Å². The topological polar surface area (TPSA) is 60.4 Å². The summed E-state index contributed by atoms with van der Waals surface area (Å²) in [6, 6.07) is 7.92. The zero-order chi connectivity index (χ0) is 19.6. The Hall–Kier alpha value is -2.86. The molecular weight excluding hydrogens is 358 g/mol. The van der Waals surface area contributed by atoms with Crippen LogP contribution < -0.4 is 18.9 Å². The third-order valence-corrected chi connectivity index (χ3v) is 6.21. The molecule has 0 spiro atoms. The minimum Gasteiger partial charge on any atom is -0.493 e. The highest BCUT2D eigenvalue weighted by atomic mass is 16.7. The lowest BCUT2D eigenvalue weighted by Gasteiger charge is -2.48.